The van der Waals surface area contributed by atoms with Crippen LogP contribution in [0.25, 0.3) is 11.3 Å². The zero-order valence-corrected chi connectivity index (χ0v) is 20.4. The van der Waals surface area contributed by atoms with Crippen LogP contribution in [0.2, 0.25) is 5.02 Å². The number of halogens is 1. The third-order valence-corrected chi connectivity index (χ3v) is 6.05. The Labute approximate surface area is 208 Å². The highest BCUT2D eigenvalue weighted by Crippen LogP contribution is 2.36. The number of anilines is 1. The highest BCUT2D eigenvalue weighted by atomic mass is 35.5. The number of amides is 2. The summed E-state index contributed by atoms with van der Waals surface area (Å²) in [5.41, 5.74) is 2.47. The molecule has 0 unspecified atom stereocenters. The minimum atomic E-state index is -0.261. The van der Waals surface area contributed by atoms with E-state index in [4.69, 9.17) is 21.1 Å². The summed E-state index contributed by atoms with van der Waals surface area (Å²) < 4.78 is 13.0. The van der Waals surface area contributed by atoms with Crippen molar-refractivity contribution in [2.24, 2.45) is 7.05 Å². The number of piperidine rings is 1. The Hall–Kier alpha value is -3.56. The number of aryl methyl sites for hydroxylation is 1. The highest BCUT2D eigenvalue weighted by molar-refractivity contribution is 6.33. The largest absolute Gasteiger partial charge is 0.497 e. The predicted octanol–water partition coefficient (Wildman–Crippen LogP) is 3.25. The Morgan fingerprint density at radius 3 is 2.86 bits per heavy atom. The van der Waals surface area contributed by atoms with Crippen LogP contribution in [0.1, 0.15) is 23.2 Å². The molecule has 1 aliphatic heterocycles. The summed E-state index contributed by atoms with van der Waals surface area (Å²) in [5.74, 6) is 1.06. The van der Waals surface area contributed by atoms with Crippen molar-refractivity contribution in [3.05, 3.63) is 59.2 Å². The number of nitrogens with one attached hydrogen (secondary N) is 3. The SMILES string of the molecule is COc1cccc(C(=O)Nc2ccc(OCCN[C@@H]3CCC(=O)NC3)c(-c3c(Cl)cnn3C)c2)c1. The van der Waals surface area contributed by atoms with Gasteiger partial charge in [-0.2, -0.15) is 5.10 Å². The molecule has 2 aromatic carbocycles. The number of rotatable bonds is 9. The number of ether oxygens (including phenoxy) is 2. The van der Waals surface area contributed by atoms with E-state index in [-0.39, 0.29) is 17.9 Å². The van der Waals surface area contributed by atoms with Crippen molar-refractivity contribution in [3.8, 4) is 22.8 Å². The molecule has 9 nitrogen and oxygen atoms in total. The van der Waals surface area contributed by atoms with Crippen LogP contribution >= 0.6 is 11.6 Å². The maximum absolute atomic E-state index is 12.8. The average molecular weight is 498 g/mol. The second-order valence-corrected chi connectivity index (χ2v) is 8.61. The first-order valence-corrected chi connectivity index (χ1v) is 11.7. The van der Waals surface area contributed by atoms with E-state index in [1.54, 1.807) is 61.4 Å². The molecule has 1 fully saturated rings. The number of hydrogen-bond acceptors (Lipinski definition) is 6. The molecule has 0 bridgehead atoms. The lowest BCUT2D eigenvalue weighted by atomic mass is 10.1. The molecule has 4 rings (SSSR count). The molecule has 3 aromatic rings. The van der Waals surface area contributed by atoms with Crippen LogP contribution in [0.15, 0.2) is 48.7 Å². The summed E-state index contributed by atoms with van der Waals surface area (Å²) in [6.07, 6.45) is 2.91. The zero-order valence-electron chi connectivity index (χ0n) is 19.6. The number of nitrogens with zero attached hydrogens (tertiary/aromatic N) is 2. The van der Waals surface area contributed by atoms with Gasteiger partial charge in [0.15, 0.2) is 0 Å². The van der Waals surface area contributed by atoms with Gasteiger partial charge in [0.05, 0.1) is 24.0 Å². The van der Waals surface area contributed by atoms with Crippen LogP contribution < -0.4 is 25.4 Å². The molecular weight excluding hydrogens is 470 g/mol. The highest BCUT2D eigenvalue weighted by Gasteiger charge is 2.19. The van der Waals surface area contributed by atoms with Gasteiger partial charge in [0.1, 0.15) is 18.1 Å². The van der Waals surface area contributed by atoms with E-state index < -0.39 is 0 Å². The summed E-state index contributed by atoms with van der Waals surface area (Å²) >= 11 is 6.43. The number of carbonyl (C=O) groups excluding carboxylic acids is 2. The van der Waals surface area contributed by atoms with Crippen molar-refractivity contribution >= 4 is 29.1 Å². The van der Waals surface area contributed by atoms with Gasteiger partial charge in [-0.05, 0) is 42.8 Å². The Morgan fingerprint density at radius 1 is 1.29 bits per heavy atom. The molecule has 0 saturated carbocycles. The normalized spacial score (nSPS) is 15.4. The molecule has 1 atom stereocenters. The lowest BCUT2D eigenvalue weighted by Gasteiger charge is -2.23. The van der Waals surface area contributed by atoms with E-state index in [0.29, 0.717) is 65.1 Å². The van der Waals surface area contributed by atoms with Crippen molar-refractivity contribution in [2.75, 3.05) is 32.1 Å². The van der Waals surface area contributed by atoms with Crippen LogP contribution in [0.5, 0.6) is 11.5 Å². The first-order chi connectivity index (χ1) is 16.9. The van der Waals surface area contributed by atoms with Crippen LogP contribution in [0.3, 0.4) is 0 Å². The smallest absolute Gasteiger partial charge is 0.255 e. The van der Waals surface area contributed by atoms with E-state index in [1.807, 2.05) is 6.07 Å². The van der Waals surface area contributed by atoms with Crippen LogP contribution in [-0.4, -0.2) is 54.4 Å². The molecule has 2 amide bonds. The average Bonchev–Trinajstić information content (AvgIpc) is 3.21. The molecule has 0 radical (unpaired) electrons. The van der Waals surface area contributed by atoms with Crippen LogP contribution in [0.4, 0.5) is 5.69 Å². The van der Waals surface area contributed by atoms with Crippen molar-refractivity contribution < 1.29 is 19.1 Å². The Bertz CT molecular complexity index is 1180. The van der Waals surface area contributed by atoms with Crippen molar-refractivity contribution in [1.82, 2.24) is 20.4 Å². The molecule has 10 heteroatoms. The first-order valence-electron chi connectivity index (χ1n) is 11.3. The van der Waals surface area contributed by atoms with E-state index in [9.17, 15) is 9.59 Å². The van der Waals surface area contributed by atoms with E-state index in [1.165, 1.54) is 0 Å². The fourth-order valence-electron chi connectivity index (χ4n) is 3.93. The Morgan fingerprint density at radius 2 is 2.14 bits per heavy atom. The number of hydrogen-bond donors (Lipinski definition) is 3. The van der Waals surface area contributed by atoms with Crippen molar-refractivity contribution in [3.63, 3.8) is 0 Å². The van der Waals surface area contributed by atoms with Gasteiger partial charge in [-0.1, -0.05) is 17.7 Å². The quantitative estimate of drug-likeness (QED) is 0.392. The van der Waals surface area contributed by atoms with E-state index in [0.717, 1.165) is 6.42 Å². The third kappa shape index (κ3) is 6.12. The van der Waals surface area contributed by atoms with Gasteiger partial charge in [-0.15, -0.1) is 0 Å². The maximum Gasteiger partial charge on any atom is 0.255 e. The molecule has 2 heterocycles. The molecule has 35 heavy (non-hydrogen) atoms. The molecular formula is C25H28ClN5O4. The Balaban J connectivity index is 1.48. The molecule has 1 aliphatic rings. The van der Waals surface area contributed by atoms with Crippen LogP contribution in [0, 0.1) is 0 Å². The molecule has 184 valence electrons. The van der Waals surface area contributed by atoms with Gasteiger partial charge < -0.3 is 25.4 Å². The lowest BCUT2D eigenvalue weighted by Crippen LogP contribution is -2.46. The lowest BCUT2D eigenvalue weighted by molar-refractivity contribution is -0.122. The third-order valence-electron chi connectivity index (χ3n) is 5.78. The van der Waals surface area contributed by atoms with Gasteiger partial charge in [0.25, 0.3) is 5.91 Å². The maximum atomic E-state index is 12.8. The van der Waals surface area contributed by atoms with Gasteiger partial charge in [-0.25, -0.2) is 0 Å². The summed E-state index contributed by atoms with van der Waals surface area (Å²) in [5, 5.41) is 13.9. The second-order valence-electron chi connectivity index (χ2n) is 8.20. The fraction of sp³-hybridized carbons (Fsp3) is 0.320. The minimum absolute atomic E-state index is 0.0931. The van der Waals surface area contributed by atoms with Crippen molar-refractivity contribution in [2.45, 2.75) is 18.9 Å². The van der Waals surface area contributed by atoms with Gasteiger partial charge in [0, 0.05) is 49.4 Å². The topological polar surface area (TPSA) is 107 Å². The standard InChI is InChI=1S/C25H28ClN5O4/c1-31-24(21(26)15-29-31)20-13-17(30-25(33)16-4-3-5-19(12-16)34-2)6-8-22(20)35-11-10-27-18-7-9-23(32)28-14-18/h3-6,8,12-13,15,18,27H,7,9-11,14H2,1-2H3,(H,28,32)(H,30,33)/t18-/m1/s1. The van der Waals surface area contributed by atoms with E-state index in [2.05, 4.69) is 21.0 Å². The summed E-state index contributed by atoms with van der Waals surface area (Å²) in [4.78, 5) is 24.1. The van der Waals surface area contributed by atoms with E-state index >= 15 is 0 Å². The molecule has 3 N–H and O–H groups in total. The Kier molecular flexibility index (Phi) is 7.89. The number of carbonyl (C=O) groups is 2. The number of methoxy groups -OCH3 is 1. The molecule has 1 aromatic heterocycles. The summed E-state index contributed by atoms with van der Waals surface area (Å²) in [7, 11) is 3.35. The van der Waals surface area contributed by atoms with Gasteiger partial charge in [-0.3, -0.25) is 14.3 Å². The van der Waals surface area contributed by atoms with Crippen molar-refractivity contribution in [1.29, 1.82) is 0 Å². The predicted molar refractivity (Wildman–Crippen MR) is 134 cm³/mol. The minimum Gasteiger partial charge on any atom is -0.497 e. The fourth-order valence-corrected chi connectivity index (χ4v) is 4.20. The number of benzene rings is 2. The number of aromatic nitrogens is 2. The molecule has 0 spiro atoms. The van der Waals surface area contributed by atoms with Gasteiger partial charge in [0.2, 0.25) is 5.91 Å². The summed E-state index contributed by atoms with van der Waals surface area (Å²) in [6, 6.07) is 12.6. The van der Waals surface area contributed by atoms with Gasteiger partial charge >= 0.3 is 0 Å². The molecule has 0 aliphatic carbocycles. The first kappa shape index (κ1) is 24.6. The molecule has 1 saturated heterocycles. The summed E-state index contributed by atoms with van der Waals surface area (Å²) in [6.45, 7) is 1.66. The monoisotopic (exact) mass is 497 g/mol. The second kappa shape index (κ2) is 11.2. The zero-order chi connectivity index (χ0) is 24.8. The van der Waals surface area contributed by atoms with Crippen LogP contribution in [-0.2, 0) is 11.8 Å².